The number of amides is 1. The lowest BCUT2D eigenvalue weighted by Crippen LogP contribution is -2.49. The number of carbonyl (C=O) groups is 1. The van der Waals surface area contributed by atoms with Crippen LogP contribution in [-0.2, 0) is 4.79 Å². The summed E-state index contributed by atoms with van der Waals surface area (Å²) in [5.41, 5.74) is 1.79. The topological polar surface area (TPSA) is 100 Å². The first-order valence-corrected chi connectivity index (χ1v) is 10.5. The maximum atomic E-state index is 12.3. The molecule has 1 aliphatic rings. The van der Waals surface area contributed by atoms with E-state index in [1.165, 1.54) is 0 Å². The summed E-state index contributed by atoms with van der Waals surface area (Å²) in [7, 11) is 0. The third kappa shape index (κ3) is 4.28. The quantitative estimate of drug-likeness (QED) is 0.517. The van der Waals surface area contributed by atoms with Gasteiger partial charge in [-0.3, -0.25) is 14.7 Å². The largest absolute Gasteiger partial charge is 0.360 e. The van der Waals surface area contributed by atoms with E-state index < -0.39 is 0 Å². The van der Waals surface area contributed by atoms with E-state index in [2.05, 4.69) is 31.3 Å². The number of rotatable bonds is 5. The summed E-state index contributed by atoms with van der Waals surface area (Å²) in [6, 6.07) is 13.6. The minimum atomic E-state index is -0.0990. The number of hydrogen-bond donors (Lipinski definition) is 1. The fourth-order valence-corrected chi connectivity index (χ4v) is 3.85. The van der Waals surface area contributed by atoms with Crippen LogP contribution in [0.5, 0.6) is 0 Å². The molecular formula is C23H23N7O2. The number of pyridine rings is 1. The molecule has 4 heterocycles. The van der Waals surface area contributed by atoms with Crippen LogP contribution in [0.25, 0.3) is 22.3 Å². The normalized spacial score (nSPS) is 14.6. The number of nitrogens with zero attached hydrogens (tertiary/aromatic N) is 6. The van der Waals surface area contributed by atoms with E-state index in [0.717, 1.165) is 48.5 Å². The third-order valence-corrected chi connectivity index (χ3v) is 5.44. The number of aryl methyl sites for hydroxylation is 1. The van der Waals surface area contributed by atoms with Crippen LogP contribution in [0.15, 0.2) is 59.4 Å². The summed E-state index contributed by atoms with van der Waals surface area (Å²) in [5, 5.41) is 7.61. The van der Waals surface area contributed by atoms with Crippen molar-refractivity contribution >= 4 is 28.4 Å². The molecule has 1 fully saturated rings. The van der Waals surface area contributed by atoms with Gasteiger partial charge < -0.3 is 14.7 Å². The molecule has 0 unspecified atom stereocenters. The molecule has 5 rings (SSSR count). The van der Waals surface area contributed by atoms with Crippen LogP contribution in [0.1, 0.15) is 5.76 Å². The zero-order chi connectivity index (χ0) is 21.9. The molecule has 1 saturated heterocycles. The second-order valence-electron chi connectivity index (χ2n) is 7.76. The van der Waals surface area contributed by atoms with Gasteiger partial charge in [0.05, 0.1) is 12.1 Å². The summed E-state index contributed by atoms with van der Waals surface area (Å²) >= 11 is 0. The van der Waals surface area contributed by atoms with Gasteiger partial charge in [0.25, 0.3) is 0 Å². The van der Waals surface area contributed by atoms with Gasteiger partial charge in [0.1, 0.15) is 11.6 Å². The molecule has 1 aliphatic heterocycles. The highest BCUT2D eigenvalue weighted by Gasteiger charge is 2.22. The molecule has 32 heavy (non-hydrogen) atoms. The zero-order valence-corrected chi connectivity index (χ0v) is 17.7. The van der Waals surface area contributed by atoms with Crippen LogP contribution < -0.4 is 10.2 Å². The van der Waals surface area contributed by atoms with Crippen LogP contribution in [0.4, 0.5) is 11.6 Å². The summed E-state index contributed by atoms with van der Waals surface area (Å²) < 4.78 is 4.99. The number of aromatic nitrogens is 4. The molecule has 9 heteroatoms. The number of fused-ring (bicyclic) bond motifs is 1. The van der Waals surface area contributed by atoms with Gasteiger partial charge in [-0.05, 0) is 31.2 Å². The van der Waals surface area contributed by atoms with Gasteiger partial charge >= 0.3 is 0 Å². The van der Waals surface area contributed by atoms with E-state index in [1.54, 1.807) is 25.4 Å². The highest BCUT2D eigenvalue weighted by molar-refractivity contribution is 5.92. The van der Waals surface area contributed by atoms with E-state index in [-0.39, 0.29) is 5.91 Å². The Kier molecular flexibility index (Phi) is 5.47. The molecule has 1 N–H and O–H groups in total. The Labute approximate surface area is 185 Å². The second kappa shape index (κ2) is 8.72. The minimum absolute atomic E-state index is 0.0990. The fourth-order valence-electron chi connectivity index (χ4n) is 3.85. The lowest BCUT2D eigenvalue weighted by Gasteiger charge is -2.35. The van der Waals surface area contributed by atoms with Gasteiger partial charge in [-0.15, -0.1) is 0 Å². The van der Waals surface area contributed by atoms with Crippen molar-refractivity contribution in [3.05, 3.63) is 60.6 Å². The molecular weight excluding hydrogens is 406 g/mol. The Bertz CT molecular complexity index is 1230. The standard InChI is InChI=1S/C23H23N7O2/c1-16-13-20(28-32-16)26-21(31)15-29-9-11-30(12-10-29)23-18-6-2-3-7-19(18)25-22(27-23)17-5-4-8-24-14-17/h2-8,13-14H,9-12,15H2,1H3,(H,26,28,31). The average molecular weight is 429 g/mol. The van der Waals surface area contributed by atoms with E-state index in [9.17, 15) is 4.79 Å². The molecule has 3 aromatic heterocycles. The highest BCUT2D eigenvalue weighted by atomic mass is 16.5. The average Bonchev–Trinajstić information content (AvgIpc) is 3.23. The number of piperazine rings is 1. The van der Waals surface area contributed by atoms with Crippen molar-refractivity contribution in [2.75, 3.05) is 42.9 Å². The van der Waals surface area contributed by atoms with Crippen molar-refractivity contribution in [3.8, 4) is 11.4 Å². The highest BCUT2D eigenvalue weighted by Crippen LogP contribution is 2.28. The molecule has 1 amide bonds. The monoisotopic (exact) mass is 429 g/mol. The molecule has 0 radical (unpaired) electrons. The first-order chi connectivity index (χ1) is 15.7. The number of anilines is 2. The molecule has 0 saturated carbocycles. The van der Waals surface area contributed by atoms with Crippen molar-refractivity contribution in [1.82, 2.24) is 25.0 Å². The summed E-state index contributed by atoms with van der Waals surface area (Å²) in [5.74, 6) is 2.59. The summed E-state index contributed by atoms with van der Waals surface area (Å²) in [6.07, 6.45) is 3.52. The lowest BCUT2D eigenvalue weighted by atomic mass is 10.2. The zero-order valence-electron chi connectivity index (χ0n) is 17.7. The molecule has 0 aliphatic carbocycles. The molecule has 0 bridgehead atoms. The Balaban J connectivity index is 1.31. The van der Waals surface area contributed by atoms with Gasteiger partial charge in [-0.25, -0.2) is 9.97 Å². The van der Waals surface area contributed by atoms with E-state index in [1.807, 2.05) is 30.3 Å². The third-order valence-electron chi connectivity index (χ3n) is 5.44. The number of para-hydroxylation sites is 1. The molecule has 0 spiro atoms. The predicted molar refractivity (Wildman–Crippen MR) is 121 cm³/mol. The summed E-state index contributed by atoms with van der Waals surface area (Å²) in [6.45, 7) is 5.15. The first kappa shape index (κ1) is 20.1. The SMILES string of the molecule is Cc1cc(NC(=O)CN2CCN(c3nc(-c4cccnc4)nc4ccccc34)CC2)no1. The van der Waals surface area contributed by atoms with Crippen molar-refractivity contribution in [2.24, 2.45) is 0 Å². The molecule has 1 aromatic carbocycles. The Morgan fingerprint density at radius 2 is 1.94 bits per heavy atom. The van der Waals surface area contributed by atoms with E-state index >= 15 is 0 Å². The second-order valence-corrected chi connectivity index (χ2v) is 7.76. The van der Waals surface area contributed by atoms with Gasteiger partial charge in [0.2, 0.25) is 5.91 Å². The van der Waals surface area contributed by atoms with Gasteiger partial charge in [-0.2, -0.15) is 0 Å². The number of hydrogen-bond acceptors (Lipinski definition) is 8. The Hall–Kier alpha value is -3.85. The van der Waals surface area contributed by atoms with Crippen LogP contribution in [0, 0.1) is 6.92 Å². The van der Waals surface area contributed by atoms with Crippen molar-refractivity contribution in [2.45, 2.75) is 6.92 Å². The van der Waals surface area contributed by atoms with E-state index in [0.29, 0.717) is 23.9 Å². The molecule has 162 valence electrons. The lowest BCUT2D eigenvalue weighted by molar-refractivity contribution is -0.117. The van der Waals surface area contributed by atoms with Gasteiger partial charge in [-0.1, -0.05) is 17.3 Å². The van der Waals surface area contributed by atoms with Crippen LogP contribution >= 0.6 is 0 Å². The van der Waals surface area contributed by atoms with Crippen LogP contribution in [0.3, 0.4) is 0 Å². The predicted octanol–water partition coefficient (Wildman–Crippen LogP) is 2.75. The van der Waals surface area contributed by atoms with Crippen LogP contribution in [0.2, 0.25) is 0 Å². The van der Waals surface area contributed by atoms with Gasteiger partial charge in [0, 0.05) is 55.6 Å². The van der Waals surface area contributed by atoms with E-state index in [4.69, 9.17) is 14.5 Å². The van der Waals surface area contributed by atoms with Crippen molar-refractivity contribution in [1.29, 1.82) is 0 Å². The maximum Gasteiger partial charge on any atom is 0.239 e. The fraction of sp³-hybridized carbons (Fsp3) is 0.261. The minimum Gasteiger partial charge on any atom is -0.360 e. The molecule has 4 aromatic rings. The first-order valence-electron chi connectivity index (χ1n) is 10.5. The summed E-state index contributed by atoms with van der Waals surface area (Å²) in [4.78, 5) is 30.6. The Morgan fingerprint density at radius 1 is 1.09 bits per heavy atom. The molecule has 0 atom stereocenters. The maximum absolute atomic E-state index is 12.3. The van der Waals surface area contributed by atoms with Gasteiger partial charge in [0.15, 0.2) is 11.6 Å². The van der Waals surface area contributed by atoms with Crippen LogP contribution in [-0.4, -0.2) is 63.6 Å². The number of carbonyl (C=O) groups excluding carboxylic acids is 1. The smallest absolute Gasteiger partial charge is 0.239 e. The Morgan fingerprint density at radius 3 is 2.69 bits per heavy atom. The number of benzene rings is 1. The van der Waals surface area contributed by atoms with Crippen molar-refractivity contribution < 1.29 is 9.32 Å². The number of nitrogens with one attached hydrogen (secondary N) is 1. The molecule has 9 nitrogen and oxygen atoms in total. The van der Waals surface area contributed by atoms with Crippen molar-refractivity contribution in [3.63, 3.8) is 0 Å².